The molecule has 1 aromatic heterocycles. The molecule has 32 heavy (non-hydrogen) atoms. The molecule has 7 nitrogen and oxygen atoms in total. The van der Waals surface area contributed by atoms with Crippen LogP contribution in [0.1, 0.15) is 45.1 Å². The van der Waals surface area contributed by atoms with Crippen molar-refractivity contribution in [3.05, 3.63) is 52.2 Å². The highest BCUT2D eigenvalue weighted by Gasteiger charge is 2.34. The van der Waals surface area contributed by atoms with Gasteiger partial charge in [-0.1, -0.05) is 37.6 Å². The van der Waals surface area contributed by atoms with Crippen LogP contribution in [-0.2, 0) is 26.2 Å². The minimum atomic E-state index is -3.86. The molecule has 0 aliphatic rings. The summed E-state index contributed by atoms with van der Waals surface area (Å²) in [5.74, 6) is -0.898. The molecule has 0 aliphatic carbocycles. The molecule has 1 atom stereocenters. The Morgan fingerprint density at radius 3 is 2.22 bits per heavy atom. The van der Waals surface area contributed by atoms with Crippen LogP contribution in [0.4, 0.5) is 0 Å². The van der Waals surface area contributed by atoms with Gasteiger partial charge in [0, 0.05) is 10.4 Å². The number of thiophene rings is 1. The van der Waals surface area contributed by atoms with E-state index in [1.807, 2.05) is 59.1 Å². The summed E-state index contributed by atoms with van der Waals surface area (Å²) in [6.45, 7) is 11.0. The normalized spacial score (nSPS) is 13.1. The molecule has 0 saturated heterocycles. The average molecular weight is 480 g/mol. The van der Waals surface area contributed by atoms with E-state index < -0.39 is 34.1 Å². The van der Waals surface area contributed by atoms with E-state index >= 15 is 0 Å². The SMILES string of the molecule is Cc1ccc(S(=O)(=O)NCC(=O)N(Cc2cccs2)[C@H](C(=O)NC(C)(C)C)C(C)C)cc1. The summed E-state index contributed by atoms with van der Waals surface area (Å²) in [5, 5.41) is 4.85. The lowest BCUT2D eigenvalue weighted by Crippen LogP contribution is -2.56. The van der Waals surface area contributed by atoms with E-state index in [2.05, 4.69) is 10.0 Å². The van der Waals surface area contributed by atoms with Crippen molar-refractivity contribution in [1.29, 1.82) is 0 Å². The van der Waals surface area contributed by atoms with Crippen LogP contribution in [0.25, 0.3) is 0 Å². The highest BCUT2D eigenvalue weighted by Crippen LogP contribution is 2.20. The van der Waals surface area contributed by atoms with Gasteiger partial charge in [0.1, 0.15) is 6.04 Å². The van der Waals surface area contributed by atoms with Gasteiger partial charge in [-0.3, -0.25) is 9.59 Å². The topological polar surface area (TPSA) is 95.6 Å². The van der Waals surface area contributed by atoms with Gasteiger partial charge >= 0.3 is 0 Å². The fourth-order valence-corrected chi connectivity index (χ4v) is 4.90. The third kappa shape index (κ3) is 7.43. The number of benzene rings is 1. The molecule has 0 saturated carbocycles. The van der Waals surface area contributed by atoms with Crippen molar-refractivity contribution < 1.29 is 18.0 Å². The molecule has 2 rings (SSSR count). The third-order valence-electron chi connectivity index (χ3n) is 4.71. The second-order valence-corrected chi connectivity index (χ2v) is 12.0. The standard InChI is InChI=1S/C23H33N3O4S2/c1-16(2)21(22(28)25-23(4,5)6)26(15-18-8-7-13-31-18)20(27)14-24-32(29,30)19-11-9-17(3)10-12-19/h7-13,16,21,24H,14-15H2,1-6H3,(H,25,28)/t21-/m0/s1. The molecule has 0 unspecified atom stereocenters. The van der Waals surface area contributed by atoms with E-state index in [1.165, 1.54) is 28.4 Å². The summed E-state index contributed by atoms with van der Waals surface area (Å²) in [5.41, 5.74) is 0.473. The minimum Gasteiger partial charge on any atom is -0.350 e. The van der Waals surface area contributed by atoms with Gasteiger partial charge in [-0.05, 0) is 57.2 Å². The lowest BCUT2D eigenvalue weighted by atomic mass is 9.99. The van der Waals surface area contributed by atoms with Gasteiger partial charge in [-0.2, -0.15) is 0 Å². The zero-order valence-corrected chi connectivity index (χ0v) is 21.1. The van der Waals surface area contributed by atoms with Crippen molar-refractivity contribution in [2.75, 3.05) is 6.54 Å². The zero-order valence-electron chi connectivity index (χ0n) is 19.5. The Morgan fingerprint density at radius 1 is 1.09 bits per heavy atom. The number of aryl methyl sites for hydroxylation is 1. The molecule has 2 amide bonds. The Hall–Kier alpha value is -2.23. The lowest BCUT2D eigenvalue weighted by Gasteiger charge is -2.35. The van der Waals surface area contributed by atoms with Gasteiger partial charge in [0.2, 0.25) is 21.8 Å². The fraction of sp³-hybridized carbons (Fsp3) is 0.478. The molecule has 0 radical (unpaired) electrons. The van der Waals surface area contributed by atoms with Crippen molar-refractivity contribution in [1.82, 2.24) is 14.9 Å². The molecule has 1 aromatic carbocycles. The molecule has 1 heterocycles. The van der Waals surface area contributed by atoms with Crippen LogP contribution in [0, 0.1) is 12.8 Å². The molecular weight excluding hydrogens is 446 g/mol. The van der Waals surface area contributed by atoms with Crippen molar-refractivity contribution in [2.24, 2.45) is 5.92 Å². The van der Waals surface area contributed by atoms with Crippen molar-refractivity contribution in [2.45, 2.75) is 64.6 Å². The van der Waals surface area contributed by atoms with E-state index in [0.717, 1.165) is 10.4 Å². The molecule has 0 spiro atoms. The van der Waals surface area contributed by atoms with Crippen molar-refractivity contribution >= 4 is 33.2 Å². The Labute approximate surface area is 195 Å². The first kappa shape index (κ1) is 26.0. The number of carbonyl (C=O) groups is 2. The summed E-state index contributed by atoms with van der Waals surface area (Å²) < 4.78 is 27.7. The maximum absolute atomic E-state index is 13.2. The van der Waals surface area contributed by atoms with Gasteiger partial charge in [0.25, 0.3) is 0 Å². The maximum Gasteiger partial charge on any atom is 0.243 e. The molecule has 0 fully saturated rings. The van der Waals surface area contributed by atoms with E-state index in [9.17, 15) is 18.0 Å². The highest BCUT2D eigenvalue weighted by molar-refractivity contribution is 7.89. The number of sulfonamides is 1. The first-order valence-corrected chi connectivity index (χ1v) is 12.9. The molecule has 0 bridgehead atoms. The summed E-state index contributed by atoms with van der Waals surface area (Å²) in [6, 6.07) is 9.42. The number of nitrogens with zero attached hydrogens (tertiary/aromatic N) is 1. The quantitative estimate of drug-likeness (QED) is 0.577. The van der Waals surface area contributed by atoms with Crippen LogP contribution >= 0.6 is 11.3 Å². The van der Waals surface area contributed by atoms with Gasteiger partial charge in [-0.15, -0.1) is 11.3 Å². The molecule has 2 aromatic rings. The number of amides is 2. The Bertz CT molecular complexity index is 1010. The third-order valence-corrected chi connectivity index (χ3v) is 6.98. The van der Waals surface area contributed by atoms with Crippen LogP contribution in [-0.4, -0.2) is 43.3 Å². The largest absolute Gasteiger partial charge is 0.350 e. The molecule has 176 valence electrons. The summed E-state index contributed by atoms with van der Waals surface area (Å²) in [6.07, 6.45) is 0. The number of rotatable bonds is 9. The predicted molar refractivity (Wildman–Crippen MR) is 128 cm³/mol. The van der Waals surface area contributed by atoms with E-state index in [1.54, 1.807) is 12.1 Å². The second kappa shape index (κ2) is 10.6. The summed E-state index contributed by atoms with van der Waals surface area (Å²) in [4.78, 5) is 28.8. The second-order valence-electron chi connectivity index (χ2n) is 9.17. The van der Waals surface area contributed by atoms with Crippen LogP contribution in [0.2, 0.25) is 0 Å². The van der Waals surface area contributed by atoms with E-state index in [-0.39, 0.29) is 23.3 Å². The first-order chi connectivity index (χ1) is 14.8. The molecule has 9 heteroatoms. The molecule has 0 aliphatic heterocycles. The van der Waals surface area contributed by atoms with Gasteiger partial charge in [0.05, 0.1) is 18.0 Å². The monoisotopic (exact) mass is 479 g/mol. The zero-order chi connectivity index (χ0) is 24.1. The maximum atomic E-state index is 13.2. The van der Waals surface area contributed by atoms with Crippen LogP contribution < -0.4 is 10.0 Å². The van der Waals surface area contributed by atoms with Crippen LogP contribution in [0.15, 0.2) is 46.7 Å². The van der Waals surface area contributed by atoms with Crippen LogP contribution in [0.5, 0.6) is 0 Å². The van der Waals surface area contributed by atoms with Crippen molar-refractivity contribution in [3.8, 4) is 0 Å². The predicted octanol–water partition coefficient (Wildman–Crippen LogP) is 3.30. The molecular formula is C23H33N3O4S2. The van der Waals surface area contributed by atoms with E-state index in [0.29, 0.717) is 0 Å². The number of carbonyl (C=O) groups excluding carboxylic acids is 2. The lowest BCUT2D eigenvalue weighted by molar-refractivity contribution is -0.142. The Morgan fingerprint density at radius 2 is 1.72 bits per heavy atom. The van der Waals surface area contributed by atoms with Gasteiger partial charge in [-0.25, -0.2) is 13.1 Å². The number of hydrogen-bond acceptors (Lipinski definition) is 5. The summed E-state index contributed by atoms with van der Waals surface area (Å²) in [7, 11) is -3.86. The Kier molecular flexibility index (Phi) is 8.61. The van der Waals surface area contributed by atoms with Crippen molar-refractivity contribution in [3.63, 3.8) is 0 Å². The smallest absolute Gasteiger partial charge is 0.243 e. The summed E-state index contributed by atoms with van der Waals surface area (Å²) >= 11 is 1.48. The first-order valence-electron chi connectivity index (χ1n) is 10.5. The number of hydrogen-bond donors (Lipinski definition) is 2. The fourth-order valence-electron chi connectivity index (χ4n) is 3.22. The van der Waals surface area contributed by atoms with Gasteiger partial charge in [0.15, 0.2) is 0 Å². The Balaban J connectivity index is 2.27. The number of nitrogens with one attached hydrogen (secondary N) is 2. The average Bonchev–Trinajstić information content (AvgIpc) is 3.17. The molecule has 2 N–H and O–H groups in total. The minimum absolute atomic E-state index is 0.0894. The van der Waals surface area contributed by atoms with E-state index in [4.69, 9.17) is 0 Å². The van der Waals surface area contributed by atoms with Crippen LogP contribution in [0.3, 0.4) is 0 Å². The van der Waals surface area contributed by atoms with Gasteiger partial charge < -0.3 is 10.2 Å². The highest BCUT2D eigenvalue weighted by atomic mass is 32.2.